The van der Waals surface area contributed by atoms with E-state index >= 15 is 0 Å². The molecule has 2 aliphatic rings. The Labute approximate surface area is 232 Å². The van der Waals surface area contributed by atoms with Gasteiger partial charge in [0.2, 0.25) is 0 Å². The Morgan fingerprint density at radius 1 is 1.34 bits per heavy atom. The average Bonchev–Trinajstić information content (AvgIpc) is 3.46. The first-order valence-electron chi connectivity index (χ1n) is 12.0. The van der Waals surface area contributed by atoms with E-state index in [1.165, 1.54) is 29.2 Å². The van der Waals surface area contributed by atoms with E-state index in [1.807, 2.05) is 0 Å². The first-order chi connectivity index (χ1) is 18.0. The largest absolute Gasteiger partial charge is 0.481 e. The van der Waals surface area contributed by atoms with E-state index in [9.17, 15) is 18.4 Å². The van der Waals surface area contributed by atoms with Gasteiger partial charge < -0.3 is 15.2 Å². The molecule has 3 atom stereocenters. The van der Waals surface area contributed by atoms with Gasteiger partial charge in [-0.15, -0.1) is 11.3 Å². The molecule has 0 saturated carbocycles. The van der Waals surface area contributed by atoms with E-state index in [1.54, 1.807) is 30.6 Å². The number of halogens is 4. The Balaban J connectivity index is 1.83. The maximum atomic E-state index is 14.8. The maximum Gasteiger partial charge on any atom is 0.338 e. The van der Waals surface area contributed by atoms with Gasteiger partial charge in [-0.2, -0.15) is 0 Å². The molecular formula is C25H26Cl2F2N4O4S. The molecule has 4 rings (SSSR count). The van der Waals surface area contributed by atoms with Crippen LogP contribution in [0.3, 0.4) is 0 Å². The summed E-state index contributed by atoms with van der Waals surface area (Å²) in [4.78, 5) is 35.1. The number of carbonyl (C=O) groups is 2. The number of alkyl halides is 2. The molecule has 3 heterocycles. The van der Waals surface area contributed by atoms with Crippen molar-refractivity contribution in [3.8, 4) is 0 Å². The second-order valence-corrected chi connectivity index (χ2v) is 10.8. The Morgan fingerprint density at radius 3 is 2.74 bits per heavy atom. The Morgan fingerprint density at radius 2 is 2.11 bits per heavy atom. The molecule has 38 heavy (non-hydrogen) atoms. The third kappa shape index (κ3) is 6.01. The minimum atomic E-state index is -3.03. The number of amidine groups is 1. The summed E-state index contributed by atoms with van der Waals surface area (Å²) in [6.07, 6.45) is 0.903. The number of rotatable bonds is 9. The van der Waals surface area contributed by atoms with Crippen LogP contribution in [-0.4, -0.2) is 63.9 Å². The quantitative estimate of drug-likeness (QED) is 0.383. The fourth-order valence-electron chi connectivity index (χ4n) is 4.73. The highest BCUT2D eigenvalue weighted by atomic mass is 35.5. The SMILES string of the molecule is CCOC(=O)C1=C(CN2C(C)C(F)(F)C[C@H]2CCC(=O)O)NC(c2nccs2)=N[C@H]1c1ccc(Cl)cc1Cl. The summed E-state index contributed by atoms with van der Waals surface area (Å²) in [6, 6.07) is 1.98. The third-order valence-electron chi connectivity index (χ3n) is 6.63. The molecule has 0 bridgehead atoms. The van der Waals surface area contributed by atoms with Crippen molar-refractivity contribution in [2.24, 2.45) is 4.99 Å². The average molecular weight is 587 g/mol. The minimum Gasteiger partial charge on any atom is -0.481 e. The fourth-order valence-corrected chi connectivity index (χ4v) is 5.83. The smallest absolute Gasteiger partial charge is 0.338 e. The van der Waals surface area contributed by atoms with Gasteiger partial charge >= 0.3 is 11.9 Å². The predicted molar refractivity (Wildman–Crippen MR) is 141 cm³/mol. The number of carboxylic acid groups (broad SMARTS) is 1. The van der Waals surface area contributed by atoms with Crippen LogP contribution in [0.15, 0.2) is 46.0 Å². The van der Waals surface area contributed by atoms with E-state index in [0.29, 0.717) is 27.1 Å². The molecule has 8 nitrogen and oxygen atoms in total. The molecule has 0 amide bonds. The van der Waals surface area contributed by atoms with Crippen molar-refractivity contribution in [1.29, 1.82) is 0 Å². The number of thiazole rings is 1. The number of carboxylic acids is 1. The predicted octanol–water partition coefficient (Wildman–Crippen LogP) is 5.32. The number of benzene rings is 1. The summed E-state index contributed by atoms with van der Waals surface area (Å²) in [5, 5.41) is 15.3. The van der Waals surface area contributed by atoms with Gasteiger partial charge in [0.1, 0.15) is 6.04 Å². The Bertz CT molecular complexity index is 1270. The summed E-state index contributed by atoms with van der Waals surface area (Å²) in [6.45, 7) is 3.05. The number of esters is 1. The Hall–Kier alpha value is -2.60. The molecule has 13 heteroatoms. The lowest BCUT2D eigenvalue weighted by Crippen LogP contribution is -2.45. The number of nitrogens with one attached hydrogen (secondary N) is 1. The lowest BCUT2D eigenvalue weighted by Gasteiger charge is -2.33. The molecule has 1 fully saturated rings. The Kier molecular flexibility index (Phi) is 8.71. The van der Waals surface area contributed by atoms with Crippen molar-refractivity contribution in [2.75, 3.05) is 13.2 Å². The van der Waals surface area contributed by atoms with Crippen LogP contribution in [0.1, 0.15) is 49.7 Å². The molecular weight excluding hydrogens is 561 g/mol. The molecule has 0 spiro atoms. The summed E-state index contributed by atoms with van der Waals surface area (Å²) in [7, 11) is 0. The van der Waals surface area contributed by atoms with E-state index < -0.39 is 42.4 Å². The van der Waals surface area contributed by atoms with Gasteiger partial charge in [-0.25, -0.2) is 18.6 Å². The lowest BCUT2D eigenvalue weighted by molar-refractivity contribution is -0.139. The van der Waals surface area contributed by atoms with Crippen LogP contribution in [0.25, 0.3) is 0 Å². The van der Waals surface area contributed by atoms with Crippen LogP contribution in [-0.2, 0) is 14.3 Å². The van der Waals surface area contributed by atoms with E-state index in [4.69, 9.17) is 38.0 Å². The van der Waals surface area contributed by atoms with E-state index in [2.05, 4.69) is 10.3 Å². The van der Waals surface area contributed by atoms with Crippen molar-refractivity contribution in [1.82, 2.24) is 15.2 Å². The van der Waals surface area contributed by atoms with Crippen LogP contribution >= 0.6 is 34.5 Å². The van der Waals surface area contributed by atoms with E-state index in [0.717, 1.165) is 0 Å². The molecule has 1 aromatic carbocycles. The third-order valence-corrected chi connectivity index (χ3v) is 7.97. The van der Waals surface area contributed by atoms with Crippen LogP contribution in [0.5, 0.6) is 0 Å². The molecule has 0 radical (unpaired) electrons. The zero-order chi connectivity index (χ0) is 27.6. The number of nitrogens with zero attached hydrogens (tertiary/aromatic N) is 3. The summed E-state index contributed by atoms with van der Waals surface area (Å²) < 4.78 is 35.1. The zero-order valence-electron chi connectivity index (χ0n) is 20.6. The van der Waals surface area contributed by atoms with Gasteiger partial charge in [0.15, 0.2) is 10.8 Å². The van der Waals surface area contributed by atoms with Crippen LogP contribution in [0.4, 0.5) is 8.78 Å². The molecule has 0 aliphatic carbocycles. The standard InChI is InChI=1S/C25H26Cl2F2N4O4S/c1-3-37-24(36)20-18(12-33-13(2)25(28,29)11-15(33)5-7-19(34)35)31-22(23-30-8-9-38-23)32-21(20)16-6-4-14(26)10-17(16)27/h4,6,8-10,13,15,21H,3,5,7,11-12H2,1-2H3,(H,31,32)(H,34,35)/t13?,15-,21+/m1/s1. The number of aromatic nitrogens is 1. The van der Waals surface area contributed by atoms with Gasteiger partial charge in [0, 0.05) is 58.3 Å². The normalized spacial score (nSPS) is 23.2. The highest BCUT2D eigenvalue weighted by Gasteiger charge is 2.51. The van der Waals surface area contributed by atoms with Crippen molar-refractivity contribution in [2.45, 2.75) is 57.2 Å². The van der Waals surface area contributed by atoms with Crippen LogP contribution in [0.2, 0.25) is 10.0 Å². The number of likely N-dealkylation sites (tertiary alicyclic amines) is 1. The van der Waals surface area contributed by atoms with Crippen molar-refractivity contribution in [3.63, 3.8) is 0 Å². The van der Waals surface area contributed by atoms with Gasteiger partial charge in [-0.3, -0.25) is 14.7 Å². The van der Waals surface area contributed by atoms with Crippen molar-refractivity contribution >= 4 is 52.3 Å². The van der Waals surface area contributed by atoms with Crippen LogP contribution in [0, 0.1) is 0 Å². The van der Waals surface area contributed by atoms with Gasteiger partial charge in [0.05, 0.1) is 18.2 Å². The first kappa shape index (κ1) is 28.4. The van der Waals surface area contributed by atoms with Crippen LogP contribution < -0.4 is 5.32 Å². The second-order valence-electron chi connectivity index (χ2n) is 9.02. The maximum absolute atomic E-state index is 14.8. The lowest BCUT2D eigenvalue weighted by atomic mass is 9.95. The molecule has 1 aromatic heterocycles. The zero-order valence-corrected chi connectivity index (χ0v) is 22.9. The van der Waals surface area contributed by atoms with Gasteiger partial charge in [-0.1, -0.05) is 29.3 Å². The number of aliphatic imine (C=N–C) groups is 1. The highest BCUT2D eigenvalue weighted by molar-refractivity contribution is 7.11. The molecule has 2 aromatic rings. The summed E-state index contributed by atoms with van der Waals surface area (Å²) in [5.74, 6) is -4.42. The highest BCUT2D eigenvalue weighted by Crippen LogP contribution is 2.42. The molecule has 2 N–H and O–H groups in total. The van der Waals surface area contributed by atoms with Gasteiger partial charge in [-0.05, 0) is 32.4 Å². The number of aliphatic carboxylic acids is 1. The number of carbonyl (C=O) groups excluding carboxylic acids is 1. The van der Waals surface area contributed by atoms with Gasteiger partial charge in [0.25, 0.3) is 5.92 Å². The summed E-state index contributed by atoms with van der Waals surface area (Å²) >= 11 is 13.9. The molecule has 204 valence electrons. The minimum absolute atomic E-state index is 0.0388. The molecule has 2 aliphatic heterocycles. The molecule has 1 saturated heterocycles. The van der Waals surface area contributed by atoms with Crippen molar-refractivity contribution in [3.05, 3.63) is 61.7 Å². The van der Waals surface area contributed by atoms with Crippen molar-refractivity contribution < 1.29 is 28.2 Å². The number of hydrogen-bond donors (Lipinski definition) is 2. The number of ether oxygens (including phenoxy) is 1. The fraction of sp³-hybridized carbons (Fsp3) is 0.440. The monoisotopic (exact) mass is 586 g/mol. The topological polar surface area (TPSA) is 104 Å². The molecule has 1 unspecified atom stereocenters. The second kappa shape index (κ2) is 11.6. The number of hydrogen-bond acceptors (Lipinski definition) is 8. The first-order valence-corrected chi connectivity index (χ1v) is 13.6. The summed E-state index contributed by atoms with van der Waals surface area (Å²) in [5.41, 5.74) is 0.912. The van der Waals surface area contributed by atoms with E-state index in [-0.39, 0.29) is 36.6 Å².